The molecule has 0 bridgehead atoms. The molecule has 2 aromatic rings. The van der Waals surface area contributed by atoms with E-state index < -0.39 is 17.5 Å². The molecule has 5 heteroatoms. The third kappa shape index (κ3) is 2.55. The first-order valence-corrected chi connectivity index (χ1v) is 7.04. The van der Waals surface area contributed by atoms with Crippen LogP contribution in [-0.4, -0.2) is 12.5 Å². The van der Waals surface area contributed by atoms with E-state index in [1.54, 1.807) is 6.92 Å². The number of morpholine rings is 1. The van der Waals surface area contributed by atoms with Crippen LogP contribution >= 0.6 is 0 Å². The van der Waals surface area contributed by atoms with Gasteiger partial charge in [0.25, 0.3) is 5.91 Å². The molecule has 114 valence electrons. The van der Waals surface area contributed by atoms with Crippen LogP contribution in [0, 0.1) is 5.82 Å². The Labute approximate surface area is 128 Å². The van der Waals surface area contributed by atoms with E-state index in [4.69, 9.17) is 10.5 Å². The summed E-state index contributed by atoms with van der Waals surface area (Å²) >= 11 is 0. The smallest absolute Gasteiger partial charge is 0.254 e. The van der Waals surface area contributed by atoms with Crippen LogP contribution in [0.25, 0.3) is 0 Å². The summed E-state index contributed by atoms with van der Waals surface area (Å²) in [4.78, 5) is 12.4. The second-order valence-corrected chi connectivity index (χ2v) is 5.66. The average molecular weight is 300 g/mol. The van der Waals surface area contributed by atoms with E-state index in [0.29, 0.717) is 11.3 Å². The predicted octanol–water partition coefficient (Wildman–Crippen LogP) is 2.51. The molecule has 1 amide bonds. The van der Waals surface area contributed by atoms with Crippen LogP contribution in [0.5, 0.6) is 0 Å². The second kappa shape index (κ2) is 5.42. The van der Waals surface area contributed by atoms with E-state index in [9.17, 15) is 9.18 Å². The van der Waals surface area contributed by atoms with Gasteiger partial charge >= 0.3 is 0 Å². The highest BCUT2D eigenvalue weighted by Gasteiger charge is 2.40. The van der Waals surface area contributed by atoms with E-state index in [1.807, 2.05) is 30.3 Å². The third-order valence-corrected chi connectivity index (χ3v) is 3.86. The quantitative estimate of drug-likeness (QED) is 0.838. The number of nitrogens with one attached hydrogen (secondary N) is 1. The van der Waals surface area contributed by atoms with Gasteiger partial charge in [-0.05, 0) is 30.7 Å². The zero-order valence-electron chi connectivity index (χ0n) is 12.2. The molecule has 0 spiro atoms. The van der Waals surface area contributed by atoms with Gasteiger partial charge in [-0.15, -0.1) is 0 Å². The fourth-order valence-electron chi connectivity index (χ4n) is 2.69. The number of ether oxygens (including phenoxy) is 1. The Morgan fingerprint density at radius 2 is 2.00 bits per heavy atom. The number of benzene rings is 2. The number of nitrogen functional groups attached to an aromatic ring is 1. The summed E-state index contributed by atoms with van der Waals surface area (Å²) in [6, 6.07) is 13.5. The molecular formula is C17H17FN2O2. The molecule has 1 heterocycles. The van der Waals surface area contributed by atoms with Crippen molar-refractivity contribution in [2.24, 2.45) is 0 Å². The summed E-state index contributed by atoms with van der Waals surface area (Å²) in [6.45, 7) is 1.89. The summed E-state index contributed by atoms with van der Waals surface area (Å²) in [6.07, 6.45) is -0.682. The number of amides is 1. The number of hydrogen-bond acceptors (Lipinski definition) is 3. The summed E-state index contributed by atoms with van der Waals surface area (Å²) in [7, 11) is 0. The minimum Gasteiger partial charge on any atom is -0.399 e. The van der Waals surface area contributed by atoms with Gasteiger partial charge in [0.05, 0.1) is 12.1 Å². The van der Waals surface area contributed by atoms with Gasteiger partial charge in [0, 0.05) is 11.3 Å². The fraction of sp³-hybridized carbons (Fsp3) is 0.235. The highest BCUT2D eigenvalue weighted by molar-refractivity contribution is 5.84. The van der Waals surface area contributed by atoms with Crippen molar-refractivity contribution in [3.63, 3.8) is 0 Å². The molecule has 2 aromatic carbocycles. The van der Waals surface area contributed by atoms with Crippen LogP contribution in [0.1, 0.15) is 24.2 Å². The van der Waals surface area contributed by atoms with Gasteiger partial charge in [0.1, 0.15) is 5.82 Å². The third-order valence-electron chi connectivity index (χ3n) is 3.86. The lowest BCUT2D eigenvalue weighted by molar-refractivity contribution is -0.146. The van der Waals surface area contributed by atoms with Gasteiger partial charge < -0.3 is 15.8 Å². The zero-order valence-corrected chi connectivity index (χ0v) is 12.2. The molecule has 1 aliphatic rings. The summed E-state index contributed by atoms with van der Waals surface area (Å²) in [5.74, 6) is -0.708. The van der Waals surface area contributed by atoms with Gasteiger partial charge in [-0.25, -0.2) is 4.39 Å². The maximum absolute atomic E-state index is 14.1. The van der Waals surface area contributed by atoms with E-state index in [1.165, 1.54) is 18.2 Å². The Bertz CT molecular complexity index is 705. The highest BCUT2D eigenvalue weighted by Crippen LogP contribution is 2.32. The molecule has 1 aliphatic heterocycles. The lowest BCUT2D eigenvalue weighted by Crippen LogP contribution is -2.54. The maximum Gasteiger partial charge on any atom is 0.254 e. The van der Waals surface area contributed by atoms with Crippen LogP contribution in [0.3, 0.4) is 0 Å². The van der Waals surface area contributed by atoms with E-state index in [-0.39, 0.29) is 12.5 Å². The molecule has 0 aliphatic carbocycles. The zero-order chi connectivity index (χ0) is 15.7. The predicted molar refractivity (Wildman–Crippen MR) is 81.4 cm³/mol. The molecule has 0 unspecified atom stereocenters. The van der Waals surface area contributed by atoms with Crippen LogP contribution in [0.4, 0.5) is 10.1 Å². The number of nitrogens with two attached hydrogens (primary N) is 1. The van der Waals surface area contributed by atoms with Gasteiger partial charge in [0.15, 0.2) is 6.10 Å². The van der Waals surface area contributed by atoms with Gasteiger partial charge in [-0.2, -0.15) is 0 Å². The van der Waals surface area contributed by atoms with Crippen LogP contribution < -0.4 is 11.1 Å². The van der Waals surface area contributed by atoms with Crippen molar-refractivity contribution in [2.75, 3.05) is 12.3 Å². The van der Waals surface area contributed by atoms with Crippen molar-refractivity contribution in [3.05, 3.63) is 65.5 Å². The molecule has 22 heavy (non-hydrogen) atoms. The first-order valence-electron chi connectivity index (χ1n) is 7.04. The first-order chi connectivity index (χ1) is 10.5. The molecule has 0 radical (unpaired) electrons. The van der Waals surface area contributed by atoms with Crippen LogP contribution in [-0.2, 0) is 15.1 Å². The summed E-state index contributed by atoms with van der Waals surface area (Å²) < 4.78 is 19.8. The molecular weight excluding hydrogens is 283 g/mol. The normalized spacial score (nSPS) is 24.8. The summed E-state index contributed by atoms with van der Waals surface area (Å²) in [5.41, 5.74) is 6.32. The van der Waals surface area contributed by atoms with E-state index in [2.05, 4.69) is 5.32 Å². The molecule has 3 N–H and O–H groups in total. The standard InChI is InChI=1S/C17H17FN2O2/c1-17(13-9-12(19)7-8-14(13)18)10-22-15(16(21)20-17)11-5-3-2-4-6-11/h2-9,15H,10,19H2,1H3,(H,20,21)/t15-,17+/m1/s1. The molecule has 3 rings (SSSR count). The molecule has 1 saturated heterocycles. The SMILES string of the molecule is C[C@@]1(c2cc(N)ccc2F)CO[C@H](c2ccccc2)C(=O)N1. The first kappa shape index (κ1) is 14.5. The number of hydrogen-bond donors (Lipinski definition) is 2. The van der Waals surface area contributed by atoms with Crippen molar-refractivity contribution in [1.29, 1.82) is 0 Å². The van der Waals surface area contributed by atoms with Crippen molar-refractivity contribution < 1.29 is 13.9 Å². The monoisotopic (exact) mass is 300 g/mol. The fourth-order valence-corrected chi connectivity index (χ4v) is 2.69. The topological polar surface area (TPSA) is 64.3 Å². The minimum atomic E-state index is -0.943. The van der Waals surface area contributed by atoms with Crippen molar-refractivity contribution >= 4 is 11.6 Å². The lowest BCUT2D eigenvalue weighted by Gasteiger charge is -2.38. The van der Waals surface area contributed by atoms with Gasteiger partial charge in [-0.1, -0.05) is 30.3 Å². The molecule has 2 atom stereocenters. The Morgan fingerprint density at radius 3 is 2.68 bits per heavy atom. The molecule has 1 fully saturated rings. The Hall–Kier alpha value is -2.40. The Balaban J connectivity index is 1.88. The minimum absolute atomic E-state index is 0.165. The number of halogens is 1. The number of carbonyl (C=O) groups is 1. The van der Waals surface area contributed by atoms with Crippen molar-refractivity contribution in [2.45, 2.75) is 18.6 Å². The van der Waals surface area contributed by atoms with Crippen LogP contribution in [0.15, 0.2) is 48.5 Å². The largest absolute Gasteiger partial charge is 0.399 e. The average Bonchev–Trinajstić information content (AvgIpc) is 2.50. The highest BCUT2D eigenvalue weighted by atomic mass is 19.1. The van der Waals surface area contributed by atoms with Crippen LogP contribution in [0.2, 0.25) is 0 Å². The maximum atomic E-state index is 14.1. The Morgan fingerprint density at radius 1 is 1.27 bits per heavy atom. The summed E-state index contributed by atoms with van der Waals surface area (Å²) in [5, 5.41) is 2.87. The van der Waals surface area contributed by atoms with Crippen molar-refractivity contribution in [3.8, 4) is 0 Å². The van der Waals surface area contributed by atoms with Crippen molar-refractivity contribution in [1.82, 2.24) is 5.32 Å². The van der Waals surface area contributed by atoms with E-state index >= 15 is 0 Å². The van der Waals surface area contributed by atoms with Gasteiger partial charge in [0.2, 0.25) is 0 Å². The number of carbonyl (C=O) groups excluding carboxylic acids is 1. The molecule has 0 aromatic heterocycles. The molecule has 4 nitrogen and oxygen atoms in total. The molecule has 0 saturated carbocycles. The Kier molecular flexibility index (Phi) is 3.58. The number of anilines is 1. The number of rotatable bonds is 2. The second-order valence-electron chi connectivity index (χ2n) is 5.66. The van der Waals surface area contributed by atoms with Gasteiger partial charge in [-0.3, -0.25) is 4.79 Å². The lowest BCUT2D eigenvalue weighted by atomic mass is 9.89. The van der Waals surface area contributed by atoms with E-state index in [0.717, 1.165) is 5.56 Å².